The van der Waals surface area contributed by atoms with E-state index < -0.39 is 0 Å². The molecule has 1 saturated carbocycles. The zero-order chi connectivity index (χ0) is 13.0. The van der Waals surface area contributed by atoms with Gasteiger partial charge in [-0.1, -0.05) is 36.9 Å². The maximum Gasteiger partial charge on any atom is 0.130 e. The highest BCUT2D eigenvalue weighted by Crippen LogP contribution is 2.21. The molecule has 1 aliphatic carbocycles. The van der Waals surface area contributed by atoms with Crippen LogP contribution in [0.1, 0.15) is 37.7 Å². The Kier molecular flexibility index (Phi) is 4.98. The summed E-state index contributed by atoms with van der Waals surface area (Å²) in [6.45, 7) is 0.265. The van der Waals surface area contributed by atoms with E-state index in [-0.39, 0.29) is 24.6 Å². The lowest BCUT2D eigenvalue weighted by Gasteiger charge is -2.22. The maximum absolute atomic E-state index is 13.6. The molecule has 18 heavy (non-hydrogen) atoms. The first-order valence-electron chi connectivity index (χ1n) is 6.48. The van der Waals surface area contributed by atoms with Crippen molar-refractivity contribution >= 4 is 11.6 Å². The van der Waals surface area contributed by atoms with E-state index in [9.17, 15) is 4.39 Å². The molecule has 0 spiro atoms. The molecule has 2 nitrogen and oxygen atoms in total. The average molecular weight is 272 g/mol. The van der Waals surface area contributed by atoms with Crippen LogP contribution in [0, 0.1) is 5.82 Å². The first-order chi connectivity index (χ1) is 8.66. The summed E-state index contributed by atoms with van der Waals surface area (Å²) in [5, 5.41) is 0.405. The van der Waals surface area contributed by atoms with Gasteiger partial charge in [0.25, 0.3) is 0 Å². The second-order valence-electron chi connectivity index (χ2n) is 4.89. The number of hydrogen-bond donors (Lipinski definition) is 1. The summed E-state index contributed by atoms with van der Waals surface area (Å²) in [6.07, 6.45) is 5.52. The molecule has 2 unspecified atom stereocenters. The third kappa shape index (κ3) is 3.67. The number of ether oxygens (including phenoxy) is 1. The number of halogens is 2. The minimum absolute atomic E-state index is 0.0441. The Morgan fingerprint density at radius 1 is 1.28 bits per heavy atom. The predicted octanol–water partition coefficient (Wildman–Crippen LogP) is 3.66. The lowest BCUT2D eigenvalue weighted by molar-refractivity contribution is 0.0181. The van der Waals surface area contributed by atoms with Crippen molar-refractivity contribution in [1.29, 1.82) is 0 Å². The molecule has 100 valence electrons. The average Bonchev–Trinajstić information content (AvgIpc) is 2.53. The molecule has 0 radical (unpaired) electrons. The number of nitrogens with two attached hydrogens (primary N) is 1. The van der Waals surface area contributed by atoms with Gasteiger partial charge in [-0.15, -0.1) is 0 Å². The third-order valence-corrected chi connectivity index (χ3v) is 3.71. The lowest BCUT2D eigenvalue weighted by Crippen LogP contribution is -2.35. The zero-order valence-electron chi connectivity index (χ0n) is 10.4. The topological polar surface area (TPSA) is 35.2 Å². The molecule has 0 amide bonds. The second-order valence-corrected chi connectivity index (χ2v) is 5.32. The predicted molar refractivity (Wildman–Crippen MR) is 71.0 cm³/mol. The van der Waals surface area contributed by atoms with E-state index in [4.69, 9.17) is 22.1 Å². The number of hydrogen-bond acceptors (Lipinski definition) is 2. The Labute approximate surface area is 112 Å². The molecular weight excluding hydrogens is 253 g/mol. The van der Waals surface area contributed by atoms with Crippen molar-refractivity contribution in [1.82, 2.24) is 0 Å². The molecule has 0 aliphatic heterocycles. The van der Waals surface area contributed by atoms with Crippen molar-refractivity contribution < 1.29 is 9.13 Å². The van der Waals surface area contributed by atoms with Crippen LogP contribution in [-0.4, -0.2) is 12.1 Å². The van der Waals surface area contributed by atoms with Gasteiger partial charge in [0.15, 0.2) is 0 Å². The van der Waals surface area contributed by atoms with E-state index in [0.29, 0.717) is 10.6 Å². The molecule has 2 atom stereocenters. The zero-order valence-corrected chi connectivity index (χ0v) is 11.1. The monoisotopic (exact) mass is 271 g/mol. The van der Waals surface area contributed by atoms with Gasteiger partial charge < -0.3 is 10.5 Å². The fourth-order valence-electron chi connectivity index (χ4n) is 2.34. The molecule has 0 aromatic heterocycles. The van der Waals surface area contributed by atoms with Crippen LogP contribution in [0.4, 0.5) is 4.39 Å². The molecule has 0 saturated heterocycles. The van der Waals surface area contributed by atoms with E-state index >= 15 is 0 Å². The Balaban J connectivity index is 1.93. The standard InChI is InChI=1S/C14H19ClFNO/c15-11-7-6-10(12(16)8-11)9-18-14-5-3-1-2-4-13(14)17/h6-8,13-14H,1-5,9,17H2. The van der Waals surface area contributed by atoms with E-state index in [0.717, 1.165) is 25.7 Å². The quantitative estimate of drug-likeness (QED) is 0.852. The SMILES string of the molecule is NC1CCCCCC1OCc1ccc(Cl)cc1F. The lowest BCUT2D eigenvalue weighted by atomic mass is 10.1. The molecule has 1 aliphatic rings. The fraction of sp³-hybridized carbons (Fsp3) is 0.571. The summed E-state index contributed by atoms with van der Waals surface area (Å²) in [6, 6.07) is 4.73. The Bertz CT molecular complexity index is 399. The van der Waals surface area contributed by atoms with Crippen LogP contribution in [0.5, 0.6) is 0 Å². The van der Waals surface area contributed by atoms with Crippen molar-refractivity contribution in [2.24, 2.45) is 5.73 Å². The largest absolute Gasteiger partial charge is 0.372 e. The van der Waals surface area contributed by atoms with Crippen molar-refractivity contribution in [3.8, 4) is 0 Å². The molecule has 1 aromatic carbocycles. The van der Waals surface area contributed by atoms with Crippen LogP contribution < -0.4 is 5.73 Å². The van der Waals surface area contributed by atoms with E-state index in [1.165, 1.54) is 12.5 Å². The van der Waals surface area contributed by atoms with E-state index in [2.05, 4.69) is 0 Å². The number of benzene rings is 1. The van der Waals surface area contributed by atoms with Crippen LogP contribution in [0.3, 0.4) is 0 Å². The Hall–Kier alpha value is -0.640. The molecule has 4 heteroatoms. The summed E-state index contributed by atoms with van der Waals surface area (Å²) in [4.78, 5) is 0. The van der Waals surface area contributed by atoms with Gasteiger partial charge in [0.05, 0.1) is 12.7 Å². The maximum atomic E-state index is 13.6. The summed E-state index contributed by atoms with van der Waals surface area (Å²) in [5.41, 5.74) is 6.60. The summed E-state index contributed by atoms with van der Waals surface area (Å²) in [7, 11) is 0. The van der Waals surface area contributed by atoms with Crippen LogP contribution in [-0.2, 0) is 11.3 Å². The summed E-state index contributed by atoms with van der Waals surface area (Å²) >= 11 is 5.71. The summed E-state index contributed by atoms with van der Waals surface area (Å²) < 4.78 is 19.4. The van der Waals surface area contributed by atoms with Gasteiger partial charge >= 0.3 is 0 Å². The first kappa shape index (κ1) is 13.8. The summed E-state index contributed by atoms with van der Waals surface area (Å²) in [5.74, 6) is -0.315. The van der Waals surface area contributed by atoms with Crippen LogP contribution in [0.2, 0.25) is 5.02 Å². The van der Waals surface area contributed by atoms with Gasteiger partial charge in [-0.25, -0.2) is 4.39 Å². The highest BCUT2D eigenvalue weighted by Gasteiger charge is 2.21. The van der Waals surface area contributed by atoms with E-state index in [1.807, 2.05) is 0 Å². The molecule has 1 fully saturated rings. The molecular formula is C14H19ClFNO. The smallest absolute Gasteiger partial charge is 0.130 e. The first-order valence-corrected chi connectivity index (χ1v) is 6.86. The molecule has 0 heterocycles. The van der Waals surface area contributed by atoms with Gasteiger partial charge in [-0.2, -0.15) is 0 Å². The van der Waals surface area contributed by atoms with Crippen molar-refractivity contribution in [2.45, 2.75) is 50.9 Å². The van der Waals surface area contributed by atoms with E-state index in [1.54, 1.807) is 12.1 Å². The highest BCUT2D eigenvalue weighted by molar-refractivity contribution is 6.30. The molecule has 0 bridgehead atoms. The third-order valence-electron chi connectivity index (χ3n) is 3.47. The van der Waals surface area contributed by atoms with Gasteiger partial charge in [0.2, 0.25) is 0 Å². The number of rotatable bonds is 3. The van der Waals surface area contributed by atoms with Crippen LogP contribution in [0.15, 0.2) is 18.2 Å². The molecule has 2 rings (SSSR count). The van der Waals surface area contributed by atoms with Crippen molar-refractivity contribution in [3.63, 3.8) is 0 Å². The Morgan fingerprint density at radius 3 is 2.83 bits per heavy atom. The van der Waals surface area contributed by atoms with Crippen molar-refractivity contribution in [3.05, 3.63) is 34.6 Å². The van der Waals surface area contributed by atoms with Gasteiger partial charge in [-0.05, 0) is 25.0 Å². The fourth-order valence-corrected chi connectivity index (χ4v) is 2.50. The minimum atomic E-state index is -0.315. The minimum Gasteiger partial charge on any atom is -0.372 e. The van der Waals surface area contributed by atoms with Crippen LogP contribution >= 0.6 is 11.6 Å². The normalized spacial score (nSPS) is 24.8. The van der Waals surface area contributed by atoms with Gasteiger partial charge in [0.1, 0.15) is 5.82 Å². The highest BCUT2D eigenvalue weighted by atomic mass is 35.5. The Morgan fingerprint density at radius 2 is 2.06 bits per heavy atom. The molecule has 2 N–H and O–H groups in total. The second kappa shape index (κ2) is 6.50. The van der Waals surface area contributed by atoms with Gasteiger partial charge in [-0.3, -0.25) is 0 Å². The van der Waals surface area contributed by atoms with Gasteiger partial charge in [0, 0.05) is 16.6 Å². The van der Waals surface area contributed by atoms with Crippen molar-refractivity contribution in [2.75, 3.05) is 0 Å². The van der Waals surface area contributed by atoms with Crippen LogP contribution in [0.25, 0.3) is 0 Å². The molecule has 1 aromatic rings.